The quantitative estimate of drug-likeness (QED) is 0.659. The number of thiazole rings is 1. The highest BCUT2D eigenvalue weighted by Gasteiger charge is 2.26. The summed E-state index contributed by atoms with van der Waals surface area (Å²) in [5.41, 5.74) is 2.20. The summed E-state index contributed by atoms with van der Waals surface area (Å²) in [5, 5.41) is 6.61. The molecule has 1 aliphatic rings. The van der Waals surface area contributed by atoms with Gasteiger partial charge < -0.3 is 5.32 Å². The van der Waals surface area contributed by atoms with E-state index < -0.39 is 0 Å². The number of aromatic nitrogens is 2. The van der Waals surface area contributed by atoms with E-state index in [1.807, 2.05) is 18.2 Å². The SMILES string of the molecule is O=C(Nc1ccc(Cl)cn1)C1CCCN(Cc2csc(-c3ccccc3)n2)C1. The summed E-state index contributed by atoms with van der Waals surface area (Å²) >= 11 is 7.51. The zero-order valence-corrected chi connectivity index (χ0v) is 16.9. The highest BCUT2D eigenvalue weighted by atomic mass is 35.5. The molecule has 1 atom stereocenters. The van der Waals surface area contributed by atoms with Crippen LogP contribution in [0.15, 0.2) is 54.0 Å². The van der Waals surface area contributed by atoms with Crippen molar-refractivity contribution < 1.29 is 4.79 Å². The molecule has 7 heteroatoms. The number of halogens is 1. The van der Waals surface area contributed by atoms with Crippen molar-refractivity contribution in [3.63, 3.8) is 0 Å². The van der Waals surface area contributed by atoms with Gasteiger partial charge in [0, 0.05) is 30.2 Å². The molecular weight excluding hydrogens is 392 g/mol. The maximum Gasteiger partial charge on any atom is 0.229 e. The molecule has 0 bridgehead atoms. The lowest BCUT2D eigenvalue weighted by atomic mass is 9.97. The number of likely N-dealkylation sites (tertiary alicyclic amines) is 1. The third-order valence-corrected chi connectivity index (χ3v) is 5.98. The van der Waals surface area contributed by atoms with Gasteiger partial charge in [-0.25, -0.2) is 9.97 Å². The molecule has 28 heavy (non-hydrogen) atoms. The number of piperidine rings is 1. The van der Waals surface area contributed by atoms with Crippen molar-refractivity contribution in [1.29, 1.82) is 0 Å². The maximum atomic E-state index is 12.6. The van der Waals surface area contributed by atoms with E-state index in [-0.39, 0.29) is 11.8 Å². The number of pyridine rings is 1. The molecular formula is C21H21ClN4OS. The Bertz CT molecular complexity index is 929. The second-order valence-electron chi connectivity index (χ2n) is 6.94. The molecule has 3 aromatic rings. The Kier molecular flexibility index (Phi) is 6.00. The van der Waals surface area contributed by atoms with E-state index in [1.54, 1.807) is 23.5 Å². The number of carbonyl (C=O) groups is 1. The van der Waals surface area contributed by atoms with Gasteiger partial charge in [-0.3, -0.25) is 9.69 Å². The lowest BCUT2D eigenvalue weighted by Gasteiger charge is -2.31. The molecule has 0 spiro atoms. The Morgan fingerprint density at radius 3 is 2.89 bits per heavy atom. The number of anilines is 1. The molecule has 3 heterocycles. The van der Waals surface area contributed by atoms with Gasteiger partial charge in [-0.05, 0) is 31.5 Å². The Hall–Kier alpha value is -2.28. The average molecular weight is 413 g/mol. The van der Waals surface area contributed by atoms with Gasteiger partial charge in [0.2, 0.25) is 5.91 Å². The second-order valence-corrected chi connectivity index (χ2v) is 8.23. The molecule has 4 rings (SSSR count). The first-order valence-electron chi connectivity index (χ1n) is 9.32. The Morgan fingerprint density at radius 1 is 1.25 bits per heavy atom. The van der Waals surface area contributed by atoms with Crippen molar-refractivity contribution in [1.82, 2.24) is 14.9 Å². The largest absolute Gasteiger partial charge is 0.310 e. The van der Waals surface area contributed by atoms with E-state index in [0.717, 1.165) is 48.7 Å². The fraction of sp³-hybridized carbons (Fsp3) is 0.286. The van der Waals surface area contributed by atoms with Crippen molar-refractivity contribution in [3.05, 3.63) is 64.8 Å². The van der Waals surface area contributed by atoms with Gasteiger partial charge in [-0.15, -0.1) is 11.3 Å². The molecule has 0 radical (unpaired) electrons. The number of hydrogen-bond donors (Lipinski definition) is 1. The minimum absolute atomic E-state index is 0.0165. The fourth-order valence-electron chi connectivity index (χ4n) is 3.41. The highest BCUT2D eigenvalue weighted by Crippen LogP contribution is 2.25. The van der Waals surface area contributed by atoms with Crippen molar-refractivity contribution >= 4 is 34.7 Å². The summed E-state index contributed by atoms with van der Waals surface area (Å²) in [7, 11) is 0. The van der Waals surface area contributed by atoms with Crippen molar-refractivity contribution in [3.8, 4) is 10.6 Å². The van der Waals surface area contributed by atoms with Crippen LogP contribution in [-0.4, -0.2) is 33.9 Å². The average Bonchev–Trinajstić information content (AvgIpc) is 3.19. The van der Waals surface area contributed by atoms with E-state index in [0.29, 0.717) is 10.8 Å². The number of rotatable bonds is 5. The molecule has 0 saturated carbocycles. The van der Waals surface area contributed by atoms with Crippen LogP contribution in [0.1, 0.15) is 18.5 Å². The van der Waals surface area contributed by atoms with Gasteiger partial charge >= 0.3 is 0 Å². The molecule has 1 amide bonds. The normalized spacial score (nSPS) is 17.4. The van der Waals surface area contributed by atoms with Gasteiger partial charge in [-0.2, -0.15) is 0 Å². The Labute approximate surface area is 173 Å². The van der Waals surface area contributed by atoms with Crippen LogP contribution in [0.2, 0.25) is 5.02 Å². The van der Waals surface area contributed by atoms with E-state index >= 15 is 0 Å². The molecule has 1 saturated heterocycles. The number of nitrogens with zero attached hydrogens (tertiary/aromatic N) is 3. The van der Waals surface area contributed by atoms with Crippen LogP contribution in [0.3, 0.4) is 0 Å². The summed E-state index contributed by atoms with van der Waals surface area (Å²) in [6.45, 7) is 2.49. The second kappa shape index (κ2) is 8.82. The molecule has 1 N–H and O–H groups in total. The molecule has 5 nitrogen and oxygen atoms in total. The molecule has 1 fully saturated rings. The monoisotopic (exact) mass is 412 g/mol. The Morgan fingerprint density at radius 2 is 2.11 bits per heavy atom. The summed E-state index contributed by atoms with van der Waals surface area (Å²) < 4.78 is 0. The van der Waals surface area contributed by atoms with Crippen LogP contribution in [0, 0.1) is 5.92 Å². The summed E-state index contributed by atoms with van der Waals surface area (Å²) in [6.07, 6.45) is 3.43. The molecule has 0 aliphatic carbocycles. The fourth-order valence-corrected chi connectivity index (χ4v) is 4.34. The number of hydrogen-bond acceptors (Lipinski definition) is 5. The minimum Gasteiger partial charge on any atom is -0.310 e. The molecule has 2 aromatic heterocycles. The van der Waals surface area contributed by atoms with Crippen LogP contribution < -0.4 is 5.32 Å². The molecule has 1 aliphatic heterocycles. The number of carbonyl (C=O) groups excluding carboxylic acids is 1. The van der Waals surface area contributed by atoms with Crippen molar-refractivity contribution in [2.45, 2.75) is 19.4 Å². The predicted molar refractivity (Wildman–Crippen MR) is 113 cm³/mol. The van der Waals surface area contributed by atoms with Crippen molar-refractivity contribution in [2.24, 2.45) is 5.92 Å². The summed E-state index contributed by atoms with van der Waals surface area (Å²) in [4.78, 5) is 23.8. The lowest BCUT2D eigenvalue weighted by molar-refractivity contribution is -0.121. The third-order valence-electron chi connectivity index (χ3n) is 4.81. The van der Waals surface area contributed by atoms with Gasteiger partial charge in [0.1, 0.15) is 10.8 Å². The van der Waals surface area contributed by atoms with Crippen LogP contribution >= 0.6 is 22.9 Å². The smallest absolute Gasteiger partial charge is 0.229 e. The zero-order valence-electron chi connectivity index (χ0n) is 15.3. The first-order valence-corrected chi connectivity index (χ1v) is 10.6. The van der Waals surface area contributed by atoms with Crippen molar-refractivity contribution in [2.75, 3.05) is 18.4 Å². The number of amides is 1. The van der Waals surface area contributed by atoms with Gasteiger partial charge in [0.25, 0.3) is 0 Å². The standard InChI is InChI=1S/C21H21ClN4OS/c22-17-8-9-19(23-11-17)25-20(27)16-7-4-10-26(12-16)13-18-14-28-21(24-18)15-5-2-1-3-6-15/h1-3,5-6,8-9,11,14,16H,4,7,10,12-13H2,(H,23,25,27). The maximum absolute atomic E-state index is 12.6. The summed E-state index contributed by atoms with van der Waals surface area (Å²) in [5.74, 6) is 0.514. The van der Waals surface area contributed by atoms with E-state index in [4.69, 9.17) is 16.6 Å². The van der Waals surface area contributed by atoms with Crippen LogP contribution in [0.5, 0.6) is 0 Å². The predicted octanol–water partition coefficient (Wildman–Crippen LogP) is 4.71. The first kappa shape index (κ1) is 19.1. The van der Waals surface area contributed by atoms with E-state index in [1.165, 1.54) is 6.20 Å². The lowest BCUT2D eigenvalue weighted by Crippen LogP contribution is -2.40. The van der Waals surface area contributed by atoms with E-state index in [9.17, 15) is 4.79 Å². The zero-order chi connectivity index (χ0) is 19.3. The van der Waals surface area contributed by atoms with E-state index in [2.05, 4.69) is 32.7 Å². The van der Waals surface area contributed by atoms with Gasteiger partial charge in [-0.1, -0.05) is 41.9 Å². The topological polar surface area (TPSA) is 58.1 Å². The van der Waals surface area contributed by atoms with Gasteiger partial charge in [0.15, 0.2) is 0 Å². The Balaban J connectivity index is 1.35. The van der Waals surface area contributed by atoms with Crippen LogP contribution in [0.4, 0.5) is 5.82 Å². The number of benzene rings is 1. The van der Waals surface area contributed by atoms with Crippen LogP contribution in [0.25, 0.3) is 10.6 Å². The third kappa shape index (κ3) is 4.76. The van der Waals surface area contributed by atoms with Crippen LogP contribution in [-0.2, 0) is 11.3 Å². The first-order chi connectivity index (χ1) is 13.7. The molecule has 1 aromatic carbocycles. The molecule has 144 valence electrons. The minimum atomic E-state index is -0.0431. The highest BCUT2D eigenvalue weighted by molar-refractivity contribution is 7.13. The summed E-state index contributed by atoms with van der Waals surface area (Å²) in [6, 6.07) is 13.7. The number of nitrogens with one attached hydrogen (secondary N) is 1. The molecule has 1 unspecified atom stereocenters. The van der Waals surface area contributed by atoms with Gasteiger partial charge in [0.05, 0.1) is 16.6 Å².